The van der Waals surface area contributed by atoms with Crippen LogP contribution in [0.25, 0.3) is 10.7 Å². The monoisotopic (exact) mass is 403 g/mol. The maximum Gasteiger partial charge on any atom is 0.191 e. The molecule has 0 saturated carbocycles. The van der Waals surface area contributed by atoms with Gasteiger partial charge in [0.15, 0.2) is 11.0 Å². The molecule has 0 N–H and O–H groups in total. The summed E-state index contributed by atoms with van der Waals surface area (Å²) in [6.45, 7) is 2.72. The minimum Gasteiger partial charge on any atom is -0.376 e. The van der Waals surface area contributed by atoms with Gasteiger partial charge >= 0.3 is 0 Å². The summed E-state index contributed by atoms with van der Waals surface area (Å²) < 4.78 is 10.1. The SMILES string of the molecule is c1csc(-c2nnc(SCCCCCn3cccn3)n2CC2CCCO2)c1. The Morgan fingerprint density at radius 3 is 3.00 bits per heavy atom. The van der Waals surface area contributed by atoms with Gasteiger partial charge in [-0.1, -0.05) is 24.2 Å². The number of unbranched alkanes of at least 4 members (excludes halogenated alkanes) is 2. The molecular formula is C19H25N5OS2. The van der Waals surface area contributed by atoms with Crippen LogP contribution in [-0.4, -0.2) is 43.0 Å². The van der Waals surface area contributed by atoms with Crippen LogP contribution in [0.5, 0.6) is 0 Å². The fourth-order valence-corrected chi connectivity index (χ4v) is 4.95. The lowest BCUT2D eigenvalue weighted by Gasteiger charge is -2.14. The van der Waals surface area contributed by atoms with Gasteiger partial charge in [-0.05, 0) is 43.2 Å². The van der Waals surface area contributed by atoms with Crippen molar-refractivity contribution >= 4 is 23.1 Å². The molecule has 8 heteroatoms. The average Bonchev–Trinajstić information content (AvgIpc) is 3.47. The molecule has 0 radical (unpaired) electrons. The normalized spacial score (nSPS) is 17.0. The minimum atomic E-state index is 0.285. The van der Waals surface area contributed by atoms with Gasteiger partial charge in [0.05, 0.1) is 17.5 Å². The van der Waals surface area contributed by atoms with E-state index in [1.165, 1.54) is 17.7 Å². The van der Waals surface area contributed by atoms with Crippen LogP contribution in [0, 0.1) is 0 Å². The first-order valence-corrected chi connectivity index (χ1v) is 11.5. The molecule has 6 nitrogen and oxygen atoms in total. The van der Waals surface area contributed by atoms with E-state index in [0.29, 0.717) is 0 Å². The quantitative estimate of drug-likeness (QED) is 0.372. The Kier molecular flexibility index (Phi) is 6.60. The van der Waals surface area contributed by atoms with Crippen LogP contribution in [0.4, 0.5) is 0 Å². The van der Waals surface area contributed by atoms with Crippen molar-refractivity contribution in [1.29, 1.82) is 0 Å². The van der Waals surface area contributed by atoms with Crippen molar-refractivity contribution in [3.8, 4) is 10.7 Å². The second kappa shape index (κ2) is 9.52. The molecule has 0 bridgehead atoms. The highest BCUT2D eigenvalue weighted by Gasteiger charge is 2.22. The first kappa shape index (κ1) is 18.7. The minimum absolute atomic E-state index is 0.285. The topological polar surface area (TPSA) is 57.8 Å². The van der Waals surface area contributed by atoms with Crippen LogP contribution in [0.3, 0.4) is 0 Å². The van der Waals surface area contributed by atoms with E-state index in [-0.39, 0.29) is 6.10 Å². The Labute approximate surface area is 168 Å². The van der Waals surface area contributed by atoms with Crippen molar-refractivity contribution in [2.75, 3.05) is 12.4 Å². The third-order valence-corrected chi connectivity index (χ3v) is 6.61. The van der Waals surface area contributed by atoms with E-state index in [1.54, 1.807) is 11.3 Å². The Morgan fingerprint density at radius 2 is 2.22 bits per heavy atom. The predicted molar refractivity (Wildman–Crippen MR) is 109 cm³/mol. The first-order chi connectivity index (χ1) is 13.4. The number of thioether (sulfide) groups is 1. The molecule has 1 aliphatic heterocycles. The number of aromatic nitrogens is 5. The molecule has 4 heterocycles. The number of hydrogen-bond donors (Lipinski definition) is 0. The van der Waals surface area contributed by atoms with E-state index in [2.05, 4.69) is 37.4 Å². The Morgan fingerprint density at radius 1 is 1.22 bits per heavy atom. The number of hydrogen-bond acceptors (Lipinski definition) is 6. The van der Waals surface area contributed by atoms with E-state index < -0.39 is 0 Å². The maximum absolute atomic E-state index is 5.86. The van der Waals surface area contributed by atoms with Crippen LogP contribution in [0.15, 0.2) is 41.1 Å². The highest BCUT2D eigenvalue weighted by atomic mass is 32.2. The van der Waals surface area contributed by atoms with Gasteiger partial charge in [0.2, 0.25) is 0 Å². The number of thiophene rings is 1. The molecule has 0 aromatic carbocycles. The van der Waals surface area contributed by atoms with Gasteiger partial charge in [0.1, 0.15) is 0 Å². The summed E-state index contributed by atoms with van der Waals surface area (Å²) >= 11 is 3.53. The summed E-state index contributed by atoms with van der Waals surface area (Å²) in [7, 11) is 0. The smallest absolute Gasteiger partial charge is 0.191 e. The average molecular weight is 404 g/mol. The molecule has 0 aliphatic carbocycles. The molecule has 0 amide bonds. The Hall–Kier alpha value is -1.64. The summed E-state index contributed by atoms with van der Waals surface area (Å²) in [6.07, 6.45) is 9.95. The molecular weight excluding hydrogens is 378 g/mol. The predicted octanol–water partition coefficient (Wildman–Crippen LogP) is 4.34. The van der Waals surface area contributed by atoms with Gasteiger partial charge in [0.25, 0.3) is 0 Å². The van der Waals surface area contributed by atoms with Gasteiger partial charge in [-0.2, -0.15) is 5.10 Å². The van der Waals surface area contributed by atoms with E-state index in [1.807, 2.05) is 34.9 Å². The summed E-state index contributed by atoms with van der Waals surface area (Å²) in [5.41, 5.74) is 0. The highest BCUT2D eigenvalue weighted by molar-refractivity contribution is 7.99. The molecule has 4 rings (SSSR count). The van der Waals surface area contributed by atoms with E-state index in [9.17, 15) is 0 Å². The molecule has 27 heavy (non-hydrogen) atoms. The molecule has 3 aromatic rings. The lowest BCUT2D eigenvalue weighted by atomic mass is 10.2. The number of aryl methyl sites for hydroxylation is 1. The summed E-state index contributed by atoms with van der Waals surface area (Å²) in [5.74, 6) is 2.04. The molecule has 1 atom stereocenters. The van der Waals surface area contributed by atoms with Crippen molar-refractivity contribution in [2.24, 2.45) is 0 Å². The molecule has 144 valence electrons. The van der Waals surface area contributed by atoms with Crippen molar-refractivity contribution in [2.45, 2.75) is 56.5 Å². The number of nitrogens with zero attached hydrogens (tertiary/aromatic N) is 5. The third-order valence-electron chi connectivity index (χ3n) is 4.69. The molecule has 1 aliphatic rings. The lowest BCUT2D eigenvalue weighted by molar-refractivity contribution is 0.0953. The zero-order chi connectivity index (χ0) is 18.3. The zero-order valence-electron chi connectivity index (χ0n) is 15.4. The maximum atomic E-state index is 5.86. The fraction of sp³-hybridized carbons (Fsp3) is 0.526. The lowest BCUT2D eigenvalue weighted by Crippen LogP contribution is -2.16. The van der Waals surface area contributed by atoms with Crippen molar-refractivity contribution in [1.82, 2.24) is 24.5 Å². The Bertz CT molecular complexity index is 794. The van der Waals surface area contributed by atoms with Crippen LogP contribution in [0.2, 0.25) is 0 Å². The summed E-state index contributed by atoms with van der Waals surface area (Å²) in [6, 6.07) is 6.16. The zero-order valence-corrected chi connectivity index (χ0v) is 17.0. The fourth-order valence-electron chi connectivity index (χ4n) is 3.29. The number of ether oxygens (including phenoxy) is 1. The molecule has 1 fully saturated rings. The van der Waals surface area contributed by atoms with Gasteiger partial charge in [-0.25, -0.2) is 0 Å². The van der Waals surface area contributed by atoms with Crippen molar-refractivity contribution in [3.63, 3.8) is 0 Å². The van der Waals surface area contributed by atoms with Gasteiger partial charge in [-0.15, -0.1) is 21.5 Å². The summed E-state index contributed by atoms with van der Waals surface area (Å²) in [5, 5.41) is 16.3. The Balaban J connectivity index is 1.32. The second-order valence-electron chi connectivity index (χ2n) is 6.71. The van der Waals surface area contributed by atoms with Crippen molar-refractivity contribution < 1.29 is 4.74 Å². The summed E-state index contributed by atoms with van der Waals surface area (Å²) in [4.78, 5) is 1.17. The molecule has 1 unspecified atom stereocenters. The standard InChI is InChI=1S/C19H25N5OS2/c1(2-10-23-11-6-9-20-23)3-13-27-19-22-21-18(17-8-5-14-26-17)24(19)15-16-7-4-12-25-16/h5-6,8-9,11,14,16H,1-4,7,10,12-13,15H2. The van der Waals surface area contributed by atoms with E-state index in [4.69, 9.17) is 4.74 Å². The van der Waals surface area contributed by atoms with Crippen LogP contribution >= 0.6 is 23.1 Å². The molecule has 3 aromatic heterocycles. The largest absolute Gasteiger partial charge is 0.376 e. The van der Waals surface area contributed by atoms with Crippen LogP contribution in [0.1, 0.15) is 32.1 Å². The number of rotatable bonds is 10. The molecule has 1 saturated heterocycles. The van der Waals surface area contributed by atoms with Gasteiger partial charge in [-0.3, -0.25) is 9.25 Å². The van der Waals surface area contributed by atoms with Gasteiger partial charge < -0.3 is 4.74 Å². The van der Waals surface area contributed by atoms with Crippen LogP contribution < -0.4 is 0 Å². The van der Waals surface area contributed by atoms with E-state index in [0.717, 1.165) is 55.7 Å². The third kappa shape index (κ3) is 5.00. The van der Waals surface area contributed by atoms with Crippen molar-refractivity contribution in [3.05, 3.63) is 36.0 Å². The van der Waals surface area contributed by atoms with E-state index >= 15 is 0 Å². The second-order valence-corrected chi connectivity index (χ2v) is 8.72. The van der Waals surface area contributed by atoms with Gasteiger partial charge in [0, 0.05) is 31.3 Å². The van der Waals surface area contributed by atoms with Crippen LogP contribution in [-0.2, 0) is 17.8 Å². The highest BCUT2D eigenvalue weighted by Crippen LogP contribution is 2.29. The first-order valence-electron chi connectivity index (χ1n) is 9.59. The molecule has 0 spiro atoms.